The van der Waals surface area contributed by atoms with Gasteiger partial charge in [-0.3, -0.25) is 29.0 Å². The molecule has 1 saturated heterocycles. The Labute approximate surface area is 211 Å². The maximum absolute atomic E-state index is 12.9. The van der Waals surface area contributed by atoms with E-state index in [0.717, 1.165) is 0 Å². The van der Waals surface area contributed by atoms with Crippen LogP contribution in [0.15, 0.2) is 35.3 Å². The Morgan fingerprint density at radius 3 is 2.19 bits per heavy atom. The number of hydrogen-bond acceptors (Lipinski definition) is 7. The van der Waals surface area contributed by atoms with E-state index >= 15 is 0 Å². The van der Waals surface area contributed by atoms with E-state index in [-0.39, 0.29) is 18.9 Å². The third-order valence-electron chi connectivity index (χ3n) is 5.17. The molecule has 15 heteroatoms. The van der Waals surface area contributed by atoms with Crippen LogP contribution in [0.4, 0.5) is 0 Å². The molecule has 2 rings (SSSR count). The lowest BCUT2D eigenvalue weighted by Gasteiger charge is -2.23. The normalized spacial score (nSPS) is 21.9. The van der Waals surface area contributed by atoms with Gasteiger partial charge in [-0.15, -0.1) is 0 Å². The Kier molecular flexibility index (Phi) is 10.8. The molecule has 1 fully saturated rings. The van der Waals surface area contributed by atoms with Crippen LogP contribution in [0.5, 0.6) is 0 Å². The van der Waals surface area contributed by atoms with Crippen molar-refractivity contribution in [1.29, 1.82) is 0 Å². The predicted molar refractivity (Wildman–Crippen MR) is 129 cm³/mol. The van der Waals surface area contributed by atoms with E-state index in [1.165, 1.54) is 0 Å². The lowest BCUT2D eigenvalue weighted by Crippen LogP contribution is -2.53. The number of aliphatic imine (C=N–C) groups is 1. The fourth-order valence-electron chi connectivity index (χ4n) is 3.36. The lowest BCUT2D eigenvalue weighted by molar-refractivity contribution is -0.144. The predicted octanol–water partition coefficient (Wildman–Crippen LogP) is -3.41. The molecule has 0 radical (unpaired) electrons. The number of amides is 5. The minimum Gasteiger partial charge on any atom is -0.480 e. The minimum absolute atomic E-state index is 0.111. The van der Waals surface area contributed by atoms with Crippen LogP contribution in [0.1, 0.15) is 30.9 Å². The van der Waals surface area contributed by atoms with E-state index in [1.807, 2.05) is 0 Å². The molecule has 10 N–H and O–H groups in total. The van der Waals surface area contributed by atoms with Crippen molar-refractivity contribution >= 4 is 41.5 Å². The minimum atomic E-state index is -1.63. The van der Waals surface area contributed by atoms with Crippen molar-refractivity contribution in [2.45, 2.75) is 37.4 Å². The van der Waals surface area contributed by atoms with Gasteiger partial charge in [0.05, 0.1) is 19.5 Å². The molecule has 1 aliphatic rings. The second kappa shape index (κ2) is 14.0. The van der Waals surface area contributed by atoms with E-state index in [9.17, 15) is 33.9 Å². The maximum Gasteiger partial charge on any atom is 0.326 e. The van der Waals surface area contributed by atoms with Crippen LogP contribution in [0.2, 0.25) is 0 Å². The first kappa shape index (κ1) is 28.5. The largest absolute Gasteiger partial charge is 0.480 e. The van der Waals surface area contributed by atoms with Gasteiger partial charge in [0.1, 0.15) is 18.1 Å². The smallest absolute Gasteiger partial charge is 0.326 e. The first-order chi connectivity index (χ1) is 17.6. The molecule has 1 aromatic rings. The highest BCUT2D eigenvalue weighted by Gasteiger charge is 2.30. The second-order valence-corrected chi connectivity index (χ2v) is 8.08. The first-order valence-electron chi connectivity index (χ1n) is 11.3. The molecular weight excluding hydrogens is 488 g/mol. The number of carboxylic acid groups (broad SMARTS) is 1. The van der Waals surface area contributed by atoms with Crippen molar-refractivity contribution in [3.05, 3.63) is 35.9 Å². The average molecular weight is 519 g/mol. The summed E-state index contributed by atoms with van der Waals surface area (Å²) >= 11 is 0. The number of nitrogens with zero attached hydrogens (tertiary/aromatic N) is 1. The van der Waals surface area contributed by atoms with E-state index in [4.69, 9.17) is 11.5 Å². The van der Waals surface area contributed by atoms with Gasteiger partial charge in [0.15, 0.2) is 5.96 Å². The highest BCUT2D eigenvalue weighted by molar-refractivity contribution is 5.96. The number of nitrogens with one attached hydrogen (secondary N) is 5. The Bertz CT molecular complexity index is 1040. The first-order valence-corrected chi connectivity index (χ1v) is 11.3. The van der Waals surface area contributed by atoms with Crippen molar-refractivity contribution in [3.63, 3.8) is 0 Å². The topological polar surface area (TPSA) is 247 Å². The molecule has 0 spiro atoms. The van der Waals surface area contributed by atoms with Gasteiger partial charge in [-0.2, -0.15) is 0 Å². The molecule has 1 heterocycles. The highest BCUT2D eigenvalue weighted by atomic mass is 16.4. The van der Waals surface area contributed by atoms with Gasteiger partial charge < -0.3 is 43.2 Å². The third-order valence-corrected chi connectivity index (χ3v) is 5.17. The van der Waals surface area contributed by atoms with Crippen LogP contribution in [-0.2, 0) is 28.8 Å². The SMILES string of the molecule is NC(N)=NCCC[C@@H]1NC(=O)CNC(=O)C[C@@H](C(=O)O)NC(=O)[C@H](c2ccccc2)NC(=O)CNC1=O. The van der Waals surface area contributed by atoms with Gasteiger partial charge in [0, 0.05) is 6.54 Å². The zero-order valence-electron chi connectivity index (χ0n) is 19.9. The van der Waals surface area contributed by atoms with Crippen LogP contribution in [0, 0.1) is 0 Å². The van der Waals surface area contributed by atoms with Crippen LogP contribution in [0.25, 0.3) is 0 Å². The molecule has 200 valence electrons. The van der Waals surface area contributed by atoms with E-state index < -0.39 is 73.1 Å². The molecule has 0 aromatic heterocycles. The number of hydrogen-bond donors (Lipinski definition) is 8. The Morgan fingerprint density at radius 1 is 0.892 bits per heavy atom. The molecule has 1 aliphatic heterocycles. The number of guanidine groups is 1. The van der Waals surface area contributed by atoms with Gasteiger partial charge in [-0.05, 0) is 18.4 Å². The summed E-state index contributed by atoms with van der Waals surface area (Å²) in [4.78, 5) is 78.3. The summed E-state index contributed by atoms with van der Waals surface area (Å²) < 4.78 is 0. The summed E-state index contributed by atoms with van der Waals surface area (Å²) in [6.45, 7) is -0.900. The number of carbonyl (C=O) groups is 6. The quantitative estimate of drug-likeness (QED) is 0.106. The van der Waals surface area contributed by atoms with Crippen molar-refractivity contribution in [2.24, 2.45) is 16.5 Å². The summed E-state index contributed by atoms with van der Waals surface area (Å²) in [7, 11) is 0. The van der Waals surface area contributed by atoms with E-state index in [2.05, 4.69) is 31.6 Å². The molecule has 15 nitrogen and oxygen atoms in total. The highest BCUT2D eigenvalue weighted by Crippen LogP contribution is 2.13. The third kappa shape index (κ3) is 9.83. The lowest BCUT2D eigenvalue weighted by atomic mass is 10.0. The number of benzene rings is 1. The fourth-order valence-corrected chi connectivity index (χ4v) is 3.36. The molecular formula is C22H30N8O7. The molecule has 0 bridgehead atoms. The summed E-state index contributed by atoms with van der Waals surface area (Å²) in [6, 6.07) is 4.00. The van der Waals surface area contributed by atoms with Crippen molar-refractivity contribution in [1.82, 2.24) is 26.6 Å². The zero-order valence-corrected chi connectivity index (χ0v) is 19.9. The number of nitrogens with two attached hydrogens (primary N) is 2. The zero-order chi connectivity index (χ0) is 27.4. The fraction of sp³-hybridized carbons (Fsp3) is 0.409. The van der Waals surface area contributed by atoms with E-state index in [1.54, 1.807) is 30.3 Å². The summed E-state index contributed by atoms with van der Waals surface area (Å²) in [5.41, 5.74) is 10.9. The Morgan fingerprint density at radius 2 is 1.54 bits per heavy atom. The summed E-state index contributed by atoms with van der Waals surface area (Å²) in [5, 5.41) is 21.3. The maximum atomic E-state index is 12.9. The van der Waals surface area contributed by atoms with E-state index in [0.29, 0.717) is 12.0 Å². The molecule has 0 aliphatic carbocycles. The van der Waals surface area contributed by atoms with Gasteiger partial charge in [0.25, 0.3) is 0 Å². The van der Waals surface area contributed by atoms with Gasteiger partial charge in [-0.25, -0.2) is 4.79 Å². The second-order valence-electron chi connectivity index (χ2n) is 8.08. The Balaban J connectivity index is 2.27. The summed E-state index contributed by atoms with van der Waals surface area (Å²) in [6.07, 6.45) is -0.252. The number of aliphatic carboxylic acids is 1. The Hall–Kier alpha value is -4.69. The molecule has 0 unspecified atom stereocenters. The monoisotopic (exact) mass is 518 g/mol. The van der Waals surface area contributed by atoms with Crippen molar-refractivity contribution in [2.75, 3.05) is 19.6 Å². The summed E-state index contributed by atoms with van der Waals surface area (Å²) in [5.74, 6) is -5.50. The number of carbonyl (C=O) groups excluding carboxylic acids is 5. The standard InChI is InChI=1S/C22H30N8O7/c23-22(24)25-8-4-7-13-19(34)27-11-17(33)30-18(12-5-2-1-3-6-12)20(35)29-14(21(36)37)9-15(31)26-10-16(32)28-13/h1-3,5-6,13-14,18H,4,7-11H2,(H,26,31)(H,27,34)(H,28,32)(H,29,35)(H,30,33)(H,36,37)(H4,23,24,25)/t13-,14-,18-/m0/s1. The van der Waals surface area contributed by atoms with Crippen molar-refractivity contribution in [3.8, 4) is 0 Å². The van der Waals surface area contributed by atoms with Crippen molar-refractivity contribution < 1.29 is 33.9 Å². The van der Waals surface area contributed by atoms with Crippen LogP contribution >= 0.6 is 0 Å². The molecule has 3 atom stereocenters. The van der Waals surface area contributed by atoms with Gasteiger partial charge >= 0.3 is 5.97 Å². The van der Waals surface area contributed by atoms with Crippen LogP contribution < -0.4 is 38.1 Å². The molecule has 37 heavy (non-hydrogen) atoms. The van der Waals surface area contributed by atoms with Gasteiger partial charge in [0.2, 0.25) is 29.5 Å². The number of rotatable bonds is 6. The molecule has 5 amide bonds. The molecule has 0 saturated carbocycles. The number of carboxylic acids is 1. The van der Waals surface area contributed by atoms with Gasteiger partial charge in [-0.1, -0.05) is 30.3 Å². The molecule has 1 aromatic carbocycles. The van der Waals surface area contributed by atoms with Crippen LogP contribution in [-0.4, -0.2) is 78.3 Å². The van der Waals surface area contributed by atoms with Crippen LogP contribution in [0.3, 0.4) is 0 Å². The average Bonchev–Trinajstić information content (AvgIpc) is 2.85.